The maximum absolute atomic E-state index is 11.5. The van der Waals surface area contributed by atoms with Gasteiger partial charge >= 0.3 is 5.97 Å². The van der Waals surface area contributed by atoms with Gasteiger partial charge in [-0.15, -0.1) is 11.3 Å². The Hall–Kier alpha value is -2.22. The van der Waals surface area contributed by atoms with Crippen LogP contribution in [0.15, 0.2) is 24.3 Å². The van der Waals surface area contributed by atoms with Crippen molar-refractivity contribution in [1.82, 2.24) is 9.88 Å². The Balaban J connectivity index is 1.37. The summed E-state index contributed by atoms with van der Waals surface area (Å²) in [5.41, 5.74) is 4.56. The second kappa shape index (κ2) is 8.86. The van der Waals surface area contributed by atoms with Crippen molar-refractivity contribution in [1.29, 1.82) is 0 Å². The number of nitrogens with zero attached hydrogens (tertiary/aromatic N) is 2. The van der Waals surface area contributed by atoms with Crippen molar-refractivity contribution >= 4 is 28.5 Å². The molecule has 1 aliphatic heterocycles. The van der Waals surface area contributed by atoms with Gasteiger partial charge in [-0.2, -0.15) is 0 Å². The lowest BCUT2D eigenvalue weighted by Crippen LogP contribution is -2.38. The van der Waals surface area contributed by atoms with E-state index in [4.69, 9.17) is 14.5 Å². The number of ether oxygens (including phenoxy) is 2. The summed E-state index contributed by atoms with van der Waals surface area (Å²) >= 11 is 1.74. The van der Waals surface area contributed by atoms with Crippen molar-refractivity contribution in [2.45, 2.75) is 13.3 Å². The summed E-state index contributed by atoms with van der Waals surface area (Å²) in [6.45, 7) is 7.79. The Labute approximate surface area is 169 Å². The van der Waals surface area contributed by atoms with E-state index >= 15 is 0 Å². The van der Waals surface area contributed by atoms with Gasteiger partial charge in [0.2, 0.25) is 0 Å². The molecule has 6 nitrogen and oxygen atoms in total. The molecule has 0 bridgehead atoms. The Kier molecular flexibility index (Phi) is 6.04. The molecule has 1 aromatic heterocycles. The number of benzene rings is 1. The molecule has 2 heterocycles. The largest absolute Gasteiger partial charge is 0.463 e. The smallest absolute Gasteiger partial charge is 0.330 e. The number of hydrogen-bond donors (Lipinski definition) is 1. The minimum Gasteiger partial charge on any atom is -0.463 e. The second-order valence-electron chi connectivity index (χ2n) is 6.85. The van der Waals surface area contributed by atoms with Gasteiger partial charge in [-0.25, -0.2) is 9.78 Å². The summed E-state index contributed by atoms with van der Waals surface area (Å²) in [7, 11) is 0. The number of aromatic nitrogens is 1. The van der Waals surface area contributed by atoms with E-state index in [-0.39, 0.29) is 5.97 Å². The molecule has 2 aromatic rings. The van der Waals surface area contributed by atoms with Crippen LogP contribution in [0.4, 0.5) is 5.13 Å². The molecule has 28 heavy (non-hydrogen) atoms. The number of morpholine rings is 1. The van der Waals surface area contributed by atoms with Gasteiger partial charge in [0.1, 0.15) is 0 Å². The lowest BCUT2D eigenvalue weighted by atomic mass is 10.1. The van der Waals surface area contributed by atoms with Crippen molar-refractivity contribution < 1.29 is 14.3 Å². The van der Waals surface area contributed by atoms with E-state index in [2.05, 4.69) is 22.3 Å². The molecule has 0 spiro atoms. The molecule has 0 unspecified atom stereocenters. The molecule has 0 amide bonds. The third-order valence-electron chi connectivity index (χ3n) is 4.94. The van der Waals surface area contributed by atoms with Gasteiger partial charge < -0.3 is 14.8 Å². The molecule has 1 aliphatic carbocycles. The molecule has 1 N–H and O–H groups in total. The van der Waals surface area contributed by atoms with Gasteiger partial charge in [0, 0.05) is 49.1 Å². The maximum atomic E-state index is 11.5. The molecule has 148 valence electrons. The van der Waals surface area contributed by atoms with Crippen LogP contribution in [0.2, 0.25) is 0 Å². The van der Waals surface area contributed by atoms with Crippen LogP contribution in [0.1, 0.15) is 22.9 Å². The van der Waals surface area contributed by atoms with Gasteiger partial charge in [0.05, 0.1) is 25.5 Å². The minimum atomic E-state index is -0.309. The standard InChI is InChI=1S/C21H25N3O3S/c1-2-27-19(25)6-4-15-3-5-17-16(13-15)14-18-20(17)23-21(28-18)22-7-8-24-9-11-26-12-10-24/h3-6,13H,2,7-12,14H2,1H3,(H,22,23)/b6-4+. The minimum absolute atomic E-state index is 0.309. The van der Waals surface area contributed by atoms with Gasteiger partial charge in [-0.1, -0.05) is 18.2 Å². The van der Waals surface area contributed by atoms with Crippen LogP contribution in [0.3, 0.4) is 0 Å². The van der Waals surface area contributed by atoms with Crippen molar-refractivity contribution in [2.24, 2.45) is 0 Å². The molecule has 0 saturated carbocycles. The lowest BCUT2D eigenvalue weighted by Gasteiger charge is -2.26. The first kappa shape index (κ1) is 19.1. The van der Waals surface area contributed by atoms with Gasteiger partial charge in [0.25, 0.3) is 0 Å². The summed E-state index contributed by atoms with van der Waals surface area (Å²) in [4.78, 5) is 20.0. The summed E-state index contributed by atoms with van der Waals surface area (Å²) in [6.07, 6.45) is 4.18. The fourth-order valence-electron chi connectivity index (χ4n) is 3.53. The number of carbonyl (C=O) groups excluding carboxylic acids is 1. The van der Waals surface area contributed by atoms with Crippen molar-refractivity contribution in [3.63, 3.8) is 0 Å². The Bertz CT molecular complexity index is 872. The topological polar surface area (TPSA) is 63.7 Å². The highest BCUT2D eigenvalue weighted by molar-refractivity contribution is 7.16. The van der Waals surface area contributed by atoms with Crippen LogP contribution in [-0.2, 0) is 20.7 Å². The first-order valence-corrected chi connectivity index (χ1v) is 10.6. The molecule has 1 saturated heterocycles. The quantitative estimate of drug-likeness (QED) is 0.487. The lowest BCUT2D eigenvalue weighted by molar-refractivity contribution is -0.137. The number of thiazole rings is 1. The van der Waals surface area contributed by atoms with E-state index in [0.29, 0.717) is 6.61 Å². The highest BCUT2D eigenvalue weighted by Crippen LogP contribution is 2.41. The van der Waals surface area contributed by atoms with E-state index in [1.54, 1.807) is 24.3 Å². The van der Waals surface area contributed by atoms with E-state index in [1.165, 1.54) is 22.1 Å². The van der Waals surface area contributed by atoms with Crippen LogP contribution < -0.4 is 5.32 Å². The average Bonchev–Trinajstić information content (AvgIpc) is 3.24. The average molecular weight is 400 g/mol. The van der Waals surface area contributed by atoms with Crippen LogP contribution in [0.25, 0.3) is 17.3 Å². The van der Waals surface area contributed by atoms with E-state index < -0.39 is 0 Å². The van der Waals surface area contributed by atoms with Crippen molar-refractivity contribution in [2.75, 3.05) is 51.3 Å². The van der Waals surface area contributed by atoms with Crippen LogP contribution in [-0.4, -0.2) is 61.9 Å². The predicted molar refractivity (Wildman–Crippen MR) is 112 cm³/mol. The number of hydrogen-bond acceptors (Lipinski definition) is 7. The number of nitrogens with one attached hydrogen (secondary N) is 1. The van der Waals surface area contributed by atoms with E-state index in [9.17, 15) is 4.79 Å². The number of carbonyl (C=O) groups is 1. The van der Waals surface area contributed by atoms with Crippen LogP contribution in [0, 0.1) is 0 Å². The summed E-state index contributed by atoms with van der Waals surface area (Å²) in [6, 6.07) is 6.25. The molecule has 1 fully saturated rings. The molecular formula is C21H25N3O3S. The van der Waals surface area contributed by atoms with Crippen molar-refractivity contribution in [3.05, 3.63) is 40.3 Å². The Morgan fingerprint density at radius 2 is 2.25 bits per heavy atom. The SMILES string of the molecule is CCOC(=O)/C=C/c1ccc2c(c1)Cc1sc(NCCN3CCOCC3)nc1-2. The molecule has 2 aliphatic rings. The Morgan fingerprint density at radius 1 is 1.39 bits per heavy atom. The third kappa shape index (κ3) is 4.43. The first-order valence-electron chi connectivity index (χ1n) is 9.74. The maximum Gasteiger partial charge on any atom is 0.330 e. The highest BCUT2D eigenvalue weighted by Gasteiger charge is 2.23. The fraction of sp³-hybridized carbons (Fsp3) is 0.429. The number of anilines is 1. The zero-order chi connectivity index (χ0) is 19.3. The summed E-state index contributed by atoms with van der Waals surface area (Å²) in [5, 5.41) is 4.47. The first-order chi connectivity index (χ1) is 13.7. The second-order valence-corrected chi connectivity index (χ2v) is 7.93. The Morgan fingerprint density at radius 3 is 3.07 bits per heavy atom. The van der Waals surface area contributed by atoms with Crippen LogP contribution in [0.5, 0.6) is 0 Å². The van der Waals surface area contributed by atoms with E-state index in [1.807, 2.05) is 6.07 Å². The molecule has 1 aromatic carbocycles. The molecule has 7 heteroatoms. The van der Waals surface area contributed by atoms with E-state index in [0.717, 1.165) is 62.2 Å². The number of esters is 1. The summed E-state index contributed by atoms with van der Waals surface area (Å²) in [5.74, 6) is -0.309. The van der Waals surface area contributed by atoms with Gasteiger partial charge in [-0.05, 0) is 24.1 Å². The van der Waals surface area contributed by atoms with Crippen LogP contribution >= 0.6 is 11.3 Å². The number of fused-ring (bicyclic) bond motifs is 3. The van der Waals surface area contributed by atoms with Crippen molar-refractivity contribution in [3.8, 4) is 11.3 Å². The third-order valence-corrected chi connectivity index (χ3v) is 5.95. The zero-order valence-corrected chi connectivity index (χ0v) is 16.9. The predicted octanol–water partition coefficient (Wildman–Crippen LogP) is 3.03. The zero-order valence-electron chi connectivity index (χ0n) is 16.1. The number of rotatable bonds is 7. The molecule has 4 rings (SSSR count). The summed E-state index contributed by atoms with van der Waals surface area (Å²) < 4.78 is 10.3. The van der Waals surface area contributed by atoms with Gasteiger partial charge in [-0.3, -0.25) is 4.90 Å². The molecule has 0 radical (unpaired) electrons. The van der Waals surface area contributed by atoms with Gasteiger partial charge in [0.15, 0.2) is 5.13 Å². The highest BCUT2D eigenvalue weighted by atomic mass is 32.1. The molecular weight excluding hydrogens is 374 g/mol. The fourth-order valence-corrected chi connectivity index (χ4v) is 4.55. The molecule has 0 atom stereocenters. The monoisotopic (exact) mass is 399 g/mol. The normalized spacial score (nSPS) is 16.2.